The fraction of sp³-hybridized carbons (Fsp3) is 0.250. The molecule has 0 aliphatic carbocycles. The van der Waals surface area contributed by atoms with Gasteiger partial charge in [-0.3, -0.25) is 0 Å². The van der Waals surface area contributed by atoms with Crippen molar-refractivity contribution in [2.75, 3.05) is 13.2 Å². The molecule has 0 radical (unpaired) electrons. The summed E-state index contributed by atoms with van der Waals surface area (Å²) in [5.74, 6) is 0.924. The van der Waals surface area contributed by atoms with Crippen molar-refractivity contribution in [3.63, 3.8) is 0 Å². The molecule has 0 amide bonds. The second-order valence-corrected chi connectivity index (χ2v) is 7.95. The number of esters is 1. The molecule has 0 aliphatic rings. The Kier molecular flexibility index (Phi) is 7.72. The minimum atomic E-state index is -1.05. The molecule has 4 heteroatoms. The molecule has 0 aliphatic heterocycles. The van der Waals surface area contributed by atoms with Gasteiger partial charge in [0.2, 0.25) is 0 Å². The molecule has 0 heterocycles. The van der Waals surface area contributed by atoms with Gasteiger partial charge in [0.1, 0.15) is 18.1 Å². The van der Waals surface area contributed by atoms with Crippen LogP contribution in [0.4, 0.5) is 0 Å². The van der Waals surface area contributed by atoms with Crippen molar-refractivity contribution in [2.45, 2.75) is 33.3 Å². The maximum atomic E-state index is 12.0. The molecule has 0 fully saturated rings. The molecule has 0 N–H and O–H groups in total. The van der Waals surface area contributed by atoms with Crippen LogP contribution >= 0.6 is 0 Å². The zero-order valence-corrected chi connectivity index (χ0v) is 19.1. The predicted octanol–water partition coefficient (Wildman–Crippen LogP) is 6.56. The molecule has 3 aromatic rings. The average Bonchev–Trinajstić information content (AvgIpc) is 2.81. The first-order valence-electron chi connectivity index (χ1n) is 10.8. The van der Waals surface area contributed by atoms with Gasteiger partial charge in [-0.15, -0.1) is 0 Å². The van der Waals surface area contributed by atoms with Crippen molar-refractivity contribution >= 4 is 11.5 Å². The van der Waals surface area contributed by atoms with E-state index in [4.69, 9.17) is 14.2 Å². The Morgan fingerprint density at radius 2 is 1.44 bits per heavy atom. The van der Waals surface area contributed by atoms with Crippen LogP contribution in [0.3, 0.4) is 0 Å². The highest BCUT2D eigenvalue weighted by atomic mass is 16.6. The maximum absolute atomic E-state index is 12.0. The number of benzene rings is 3. The summed E-state index contributed by atoms with van der Waals surface area (Å²) in [4.78, 5) is 12.0. The summed E-state index contributed by atoms with van der Waals surface area (Å²) in [6.07, 6.45) is 2.06. The van der Waals surface area contributed by atoms with E-state index in [0.717, 1.165) is 11.3 Å². The van der Waals surface area contributed by atoms with E-state index in [0.29, 0.717) is 19.0 Å². The van der Waals surface area contributed by atoms with Crippen LogP contribution in [0.25, 0.3) is 16.7 Å². The third-order valence-electron chi connectivity index (χ3n) is 5.05. The van der Waals surface area contributed by atoms with Gasteiger partial charge >= 0.3 is 5.97 Å². The van der Waals surface area contributed by atoms with Crippen LogP contribution < -0.4 is 9.47 Å². The SMILES string of the molecule is CCOC(=O)C(C)(C)Oc1ccc(OC/C=C(\C)c2ccc(-c3ccccc3)cc2)cc1. The monoisotopic (exact) mass is 430 g/mol. The lowest BCUT2D eigenvalue weighted by atomic mass is 10.0. The fourth-order valence-corrected chi connectivity index (χ4v) is 3.18. The van der Waals surface area contributed by atoms with Gasteiger partial charge in [-0.2, -0.15) is 0 Å². The van der Waals surface area contributed by atoms with Crippen LogP contribution in [-0.2, 0) is 9.53 Å². The summed E-state index contributed by atoms with van der Waals surface area (Å²) in [6.45, 7) is 8.01. The van der Waals surface area contributed by atoms with Crippen LogP contribution in [0.2, 0.25) is 0 Å². The lowest BCUT2D eigenvalue weighted by Gasteiger charge is -2.24. The van der Waals surface area contributed by atoms with Crippen molar-refractivity contribution in [1.82, 2.24) is 0 Å². The van der Waals surface area contributed by atoms with Crippen molar-refractivity contribution < 1.29 is 19.0 Å². The van der Waals surface area contributed by atoms with Gasteiger partial charge in [-0.25, -0.2) is 4.79 Å². The summed E-state index contributed by atoms with van der Waals surface area (Å²) in [7, 11) is 0. The average molecular weight is 431 g/mol. The minimum Gasteiger partial charge on any atom is -0.490 e. The van der Waals surface area contributed by atoms with Crippen molar-refractivity contribution in [1.29, 1.82) is 0 Å². The molecule has 0 bridgehead atoms. The normalized spacial score (nSPS) is 11.7. The van der Waals surface area contributed by atoms with E-state index in [1.165, 1.54) is 16.7 Å². The van der Waals surface area contributed by atoms with E-state index in [1.807, 2.05) is 30.3 Å². The smallest absolute Gasteiger partial charge is 0.349 e. The Bertz CT molecular complexity index is 1030. The van der Waals surface area contributed by atoms with Crippen LogP contribution in [-0.4, -0.2) is 24.8 Å². The van der Waals surface area contributed by atoms with Gasteiger partial charge in [0.25, 0.3) is 0 Å². The van der Waals surface area contributed by atoms with Gasteiger partial charge in [0, 0.05) is 0 Å². The van der Waals surface area contributed by atoms with Crippen LogP contribution in [0.1, 0.15) is 33.3 Å². The Morgan fingerprint density at radius 3 is 2.06 bits per heavy atom. The van der Waals surface area contributed by atoms with Crippen LogP contribution in [0.15, 0.2) is 84.9 Å². The first-order valence-corrected chi connectivity index (χ1v) is 10.8. The second kappa shape index (κ2) is 10.7. The third kappa shape index (κ3) is 6.24. The van der Waals surface area contributed by atoms with Crippen molar-refractivity contribution in [3.05, 3.63) is 90.5 Å². The standard InChI is InChI=1S/C28H30O4/c1-5-30-27(29)28(3,4)32-26-17-15-25(16-18-26)31-20-19-21(2)22-11-13-24(14-12-22)23-9-7-6-8-10-23/h6-19H,5,20H2,1-4H3/b21-19+. The highest BCUT2D eigenvalue weighted by Crippen LogP contribution is 2.24. The molecule has 0 unspecified atom stereocenters. The molecule has 3 rings (SSSR count). The molecule has 3 aromatic carbocycles. The van der Waals surface area contributed by atoms with E-state index in [2.05, 4.69) is 49.4 Å². The third-order valence-corrected chi connectivity index (χ3v) is 5.05. The molecule has 0 saturated carbocycles. The Balaban J connectivity index is 1.54. The largest absolute Gasteiger partial charge is 0.490 e. The van der Waals surface area contributed by atoms with Gasteiger partial charge in [0.15, 0.2) is 5.60 Å². The number of hydrogen-bond acceptors (Lipinski definition) is 4. The van der Waals surface area contributed by atoms with Crippen molar-refractivity contribution in [2.24, 2.45) is 0 Å². The van der Waals surface area contributed by atoms with Crippen LogP contribution in [0, 0.1) is 0 Å². The van der Waals surface area contributed by atoms with Gasteiger partial charge in [-0.05, 0) is 80.3 Å². The zero-order chi connectivity index (χ0) is 23.0. The van der Waals surface area contributed by atoms with Crippen molar-refractivity contribution in [3.8, 4) is 22.6 Å². The topological polar surface area (TPSA) is 44.8 Å². The predicted molar refractivity (Wildman–Crippen MR) is 129 cm³/mol. The fourth-order valence-electron chi connectivity index (χ4n) is 3.18. The number of rotatable bonds is 9. The Hall–Kier alpha value is -3.53. The minimum absolute atomic E-state index is 0.322. The maximum Gasteiger partial charge on any atom is 0.349 e. The zero-order valence-electron chi connectivity index (χ0n) is 19.1. The molecule has 32 heavy (non-hydrogen) atoms. The van der Waals surface area contributed by atoms with E-state index < -0.39 is 11.6 Å². The highest BCUT2D eigenvalue weighted by Gasteiger charge is 2.31. The summed E-state index contributed by atoms with van der Waals surface area (Å²) < 4.78 is 16.7. The Labute approximate surface area is 190 Å². The second-order valence-electron chi connectivity index (χ2n) is 7.95. The Morgan fingerprint density at radius 1 is 0.844 bits per heavy atom. The highest BCUT2D eigenvalue weighted by molar-refractivity contribution is 5.79. The molecule has 0 spiro atoms. The lowest BCUT2D eigenvalue weighted by molar-refractivity contribution is -0.158. The molecular formula is C28H30O4. The van der Waals surface area contributed by atoms with E-state index >= 15 is 0 Å². The summed E-state index contributed by atoms with van der Waals surface area (Å²) >= 11 is 0. The quantitative estimate of drug-likeness (QED) is 0.361. The lowest BCUT2D eigenvalue weighted by Crippen LogP contribution is -2.39. The van der Waals surface area contributed by atoms with Gasteiger partial charge in [-0.1, -0.05) is 54.6 Å². The summed E-state index contributed by atoms with van der Waals surface area (Å²) in [5, 5.41) is 0. The molecule has 166 valence electrons. The van der Waals surface area contributed by atoms with Gasteiger partial charge in [0.05, 0.1) is 6.61 Å². The first kappa shape index (κ1) is 23.1. The molecule has 0 atom stereocenters. The number of ether oxygens (including phenoxy) is 3. The van der Waals surface area contributed by atoms with E-state index in [-0.39, 0.29) is 0 Å². The first-order chi connectivity index (χ1) is 15.4. The van der Waals surface area contributed by atoms with Crippen LogP contribution in [0.5, 0.6) is 11.5 Å². The summed E-state index contributed by atoms with van der Waals surface area (Å²) in [6, 6.07) is 26.1. The summed E-state index contributed by atoms with van der Waals surface area (Å²) in [5.41, 5.74) is 3.68. The molecular weight excluding hydrogens is 400 g/mol. The molecule has 4 nitrogen and oxygen atoms in total. The number of carbonyl (C=O) groups excluding carboxylic acids is 1. The number of carbonyl (C=O) groups is 1. The van der Waals surface area contributed by atoms with Gasteiger partial charge < -0.3 is 14.2 Å². The number of allylic oxidation sites excluding steroid dienone is 1. The number of hydrogen-bond donors (Lipinski definition) is 0. The van der Waals surface area contributed by atoms with E-state index in [9.17, 15) is 4.79 Å². The molecule has 0 saturated heterocycles. The molecule has 0 aromatic heterocycles. The van der Waals surface area contributed by atoms with E-state index in [1.54, 1.807) is 32.9 Å².